The average molecular weight is 1890 g/mol. The zero-order valence-electron chi connectivity index (χ0n) is 74.5. The van der Waals surface area contributed by atoms with Crippen molar-refractivity contribution in [1.29, 1.82) is 0 Å². The monoisotopic (exact) mass is 1890 g/mol. The first-order valence-corrected chi connectivity index (χ1v) is 45.6. The van der Waals surface area contributed by atoms with E-state index in [-0.39, 0.29) is 35.1 Å². The van der Waals surface area contributed by atoms with E-state index in [9.17, 15) is 42.7 Å². The third kappa shape index (κ3) is 20.7. The minimum atomic E-state index is -0.886. The molecule has 19 rings (SSSR count). The molecule has 5 aromatic heterocycles. The highest BCUT2D eigenvalue weighted by atomic mass is 32.1. The summed E-state index contributed by atoms with van der Waals surface area (Å²) in [5, 5.41) is 8.52. The second kappa shape index (κ2) is 41.7. The van der Waals surface area contributed by atoms with Gasteiger partial charge in [-0.15, -0.1) is 45.3 Å². The lowest BCUT2D eigenvalue weighted by Crippen LogP contribution is -2.12. The van der Waals surface area contributed by atoms with Crippen molar-refractivity contribution in [3.8, 4) is 80.5 Å². The lowest BCUT2D eigenvalue weighted by molar-refractivity contribution is -0.124. The molecular formula is C109H83FN2O20S4. The Labute approximate surface area is 795 Å². The van der Waals surface area contributed by atoms with E-state index in [1.54, 1.807) is 113 Å². The van der Waals surface area contributed by atoms with E-state index < -0.39 is 6.09 Å². The molecule has 0 saturated heterocycles. The number of benzene rings is 13. The molecule has 0 radical (unpaired) electrons. The van der Waals surface area contributed by atoms with Crippen molar-refractivity contribution in [2.24, 2.45) is 0 Å². The fourth-order valence-electron chi connectivity index (χ4n) is 15.6. The van der Waals surface area contributed by atoms with Crippen molar-refractivity contribution in [3.63, 3.8) is 0 Å². The summed E-state index contributed by atoms with van der Waals surface area (Å²) in [5.74, 6) is 7.84. The number of hydrogen-bond donors (Lipinski definition) is 1. The van der Waals surface area contributed by atoms with E-state index in [1.807, 2.05) is 235 Å². The number of carbonyl (C=O) groups is 8. The van der Waals surface area contributed by atoms with Gasteiger partial charge in [-0.3, -0.25) is 43.9 Å². The standard InChI is InChI=1S/C28H23FO4S.C28H20O5S.C27H19NO5S.C26H21NO6S/c1-18-15-20(29)5-10-24(18)28(12-13-28)27-26(23-9-8-22(31-2)16-25(23)34-27)33-21-6-3-19(4-7-21)11-14-32-17-30;1-17-5-3-4-6-23(17)26(30)28-27(24-12-11-20(31-2)15-25(24)34-28)33-22-10-8-18-13-21(32-16-29)9-7-19(18)14-22;1-16-5-3-4-6-21(16)25(30)27-26(22-10-9-18(31-2)13-24(22)34-27)33-19-8-7-17-11-20(32-15-29)14-28-23(17)12-19;1-15-4-10-20(16(2)12-15)23(29)25-24(21-11-9-19(31-3)13-22(21)34-25)33-18-7-5-17(6-8-18)27-26(30)32-14-28/h3-11,14-17H,12-13H2,1-2H3;3-16H,1-2H3;3-15H,1-2H3;4-14H,1-3H3,(H,27,30)/b14-11+;;;. The topological polar surface area (TPSA) is 272 Å². The molecule has 136 heavy (non-hydrogen) atoms. The van der Waals surface area contributed by atoms with Gasteiger partial charge in [0.05, 0.1) is 51.3 Å². The average Bonchev–Trinajstić information content (AvgIpc) is 1.55. The molecule has 18 aromatic rings. The number of methoxy groups -OCH3 is 4. The Morgan fingerprint density at radius 1 is 0.382 bits per heavy atom. The predicted octanol–water partition coefficient (Wildman–Crippen LogP) is 26.9. The molecule has 680 valence electrons. The number of amides is 1. The summed E-state index contributed by atoms with van der Waals surface area (Å²) in [6, 6.07) is 80.9. The number of nitrogens with zero attached hydrogens (tertiary/aromatic N) is 1. The second-order valence-electron chi connectivity index (χ2n) is 31.3. The molecular weight excluding hydrogens is 1800 g/mol. The number of pyridine rings is 1. The first-order valence-electron chi connectivity index (χ1n) is 42.3. The summed E-state index contributed by atoms with van der Waals surface area (Å²) in [6.45, 7) is 10.9. The number of rotatable bonds is 29. The highest BCUT2D eigenvalue weighted by molar-refractivity contribution is 7.22. The molecule has 1 fully saturated rings. The fraction of sp³-hybridized carbons (Fsp3) is 0.110. The molecule has 1 N–H and O–H groups in total. The third-order valence-corrected chi connectivity index (χ3v) is 27.2. The smallest absolute Gasteiger partial charge is 0.419 e. The molecule has 0 spiro atoms. The van der Waals surface area contributed by atoms with Crippen LogP contribution in [0.15, 0.2) is 279 Å². The number of carbonyl (C=O) groups excluding carboxylic acids is 8. The Kier molecular flexibility index (Phi) is 28.5. The normalized spacial score (nSPS) is 11.7. The van der Waals surface area contributed by atoms with Crippen LogP contribution in [-0.2, 0) is 34.1 Å². The van der Waals surface area contributed by atoms with E-state index in [4.69, 9.17) is 47.4 Å². The van der Waals surface area contributed by atoms with Crippen LogP contribution in [0.3, 0.4) is 0 Å². The largest absolute Gasteiger partial charge is 0.497 e. The quantitative estimate of drug-likeness (QED) is 0.0197. The molecule has 1 saturated carbocycles. The number of hydrogen-bond acceptors (Lipinski definition) is 25. The van der Waals surface area contributed by atoms with Gasteiger partial charge in [0, 0.05) is 79.6 Å². The van der Waals surface area contributed by atoms with Crippen molar-refractivity contribution < 1.29 is 99.6 Å². The van der Waals surface area contributed by atoms with Crippen LogP contribution >= 0.6 is 45.3 Å². The summed E-state index contributed by atoms with van der Waals surface area (Å²) >= 11 is 5.82. The van der Waals surface area contributed by atoms with Crippen LogP contribution in [0.2, 0.25) is 0 Å². The number of anilines is 1. The highest BCUT2D eigenvalue weighted by Gasteiger charge is 2.50. The highest BCUT2D eigenvalue weighted by Crippen LogP contribution is 2.62. The molecule has 5 heterocycles. The minimum Gasteiger partial charge on any atom is -0.497 e. The van der Waals surface area contributed by atoms with Gasteiger partial charge >= 0.3 is 12.6 Å². The molecule has 22 nitrogen and oxygen atoms in total. The van der Waals surface area contributed by atoms with Gasteiger partial charge < -0.3 is 56.8 Å². The van der Waals surface area contributed by atoms with Gasteiger partial charge in [-0.1, -0.05) is 103 Å². The van der Waals surface area contributed by atoms with Gasteiger partial charge in [0.1, 0.15) is 83.7 Å². The van der Waals surface area contributed by atoms with Crippen LogP contribution in [0.4, 0.5) is 14.9 Å². The maximum Gasteiger partial charge on any atom is 0.419 e. The van der Waals surface area contributed by atoms with Crippen molar-refractivity contribution in [2.75, 3.05) is 33.8 Å². The first kappa shape index (κ1) is 93.0. The summed E-state index contributed by atoms with van der Waals surface area (Å²) in [7, 11) is 6.48. The van der Waals surface area contributed by atoms with Gasteiger partial charge in [0.15, 0.2) is 17.2 Å². The van der Waals surface area contributed by atoms with Gasteiger partial charge in [-0.05, 0) is 261 Å². The van der Waals surface area contributed by atoms with E-state index in [1.165, 1.54) is 46.5 Å². The van der Waals surface area contributed by atoms with E-state index in [2.05, 4.69) is 19.8 Å². The van der Waals surface area contributed by atoms with Gasteiger partial charge in [-0.25, -0.2) is 9.18 Å². The molecule has 0 aliphatic heterocycles. The number of ketones is 3. The fourth-order valence-corrected chi connectivity index (χ4v) is 20.4. The number of nitrogens with one attached hydrogen (secondary N) is 1. The molecule has 1 aliphatic carbocycles. The summed E-state index contributed by atoms with van der Waals surface area (Å²) < 4.78 is 83.2. The number of thiophene rings is 4. The van der Waals surface area contributed by atoms with Gasteiger partial charge in [0.2, 0.25) is 17.3 Å². The van der Waals surface area contributed by atoms with Crippen LogP contribution in [0.25, 0.3) is 68.1 Å². The Morgan fingerprint density at radius 3 is 1.30 bits per heavy atom. The second-order valence-corrected chi connectivity index (χ2v) is 35.5. The Hall–Kier alpha value is -16.2. The lowest BCUT2D eigenvalue weighted by Gasteiger charge is -2.19. The lowest BCUT2D eigenvalue weighted by atomic mass is 9.89. The van der Waals surface area contributed by atoms with Crippen LogP contribution in [0.5, 0.6) is 80.5 Å². The van der Waals surface area contributed by atoms with Crippen molar-refractivity contribution in [2.45, 2.75) is 52.9 Å². The molecule has 27 heteroatoms. The Morgan fingerprint density at radius 2 is 0.816 bits per heavy atom. The number of fused-ring (bicyclic) bond motifs is 6. The number of aromatic nitrogens is 1. The maximum absolute atomic E-state index is 13.8. The number of ether oxygens (including phenoxy) is 12. The van der Waals surface area contributed by atoms with E-state index in [0.29, 0.717) is 131 Å². The molecule has 1 amide bonds. The first-order chi connectivity index (χ1) is 66.1. The minimum absolute atomic E-state index is 0.0534. The number of halogens is 1. The Bertz CT molecular complexity index is 7450. The Balaban J connectivity index is 0.000000131. The van der Waals surface area contributed by atoms with Gasteiger partial charge in [-0.2, -0.15) is 0 Å². The summed E-state index contributed by atoms with van der Waals surface area (Å²) in [6.07, 6.45) is 5.60. The van der Waals surface area contributed by atoms with Crippen LogP contribution in [0, 0.1) is 40.4 Å². The zero-order chi connectivity index (χ0) is 95.3. The number of aryl methyl sites for hydroxylation is 5. The van der Waals surface area contributed by atoms with Crippen molar-refractivity contribution in [3.05, 3.63) is 360 Å². The maximum atomic E-state index is 13.8. The van der Waals surface area contributed by atoms with Crippen LogP contribution < -0.4 is 52.7 Å². The molecule has 0 bridgehead atoms. The van der Waals surface area contributed by atoms with Crippen LogP contribution in [0.1, 0.15) is 102 Å². The predicted molar refractivity (Wildman–Crippen MR) is 528 cm³/mol. The molecule has 0 unspecified atom stereocenters. The van der Waals surface area contributed by atoms with Crippen molar-refractivity contribution >= 4 is 168 Å². The SMILES string of the molecule is COc1ccc2c(Oc3ccc(/C=C/OC=O)cc3)c(C3(c4ccc(F)cc4C)CC3)sc2c1.COc1ccc2c(Oc3ccc(NC(=O)OC=O)cc3)c(C(=O)c3ccc(C)cc3C)sc2c1.COc1ccc2c(Oc3ccc4cc(OC=O)ccc4c3)c(C(=O)c3ccccc3C)sc2c1.COc1ccc2c(Oc3ccc4cc(OC=O)cnc4c3)c(C(=O)c3ccccc3C)sc2c1. The van der Waals surface area contributed by atoms with Crippen LogP contribution in [-0.4, -0.2) is 82.8 Å². The molecule has 1 aliphatic rings. The molecule has 0 atom stereocenters. The van der Waals surface area contributed by atoms with E-state index in [0.717, 1.165) is 125 Å². The summed E-state index contributed by atoms with van der Waals surface area (Å²) in [4.78, 5) is 101. The third-order valence-electron chi connectivity index (χ3n) is 22.5. The van der Waals surface area contributed by atoms with Crippen molar-refractivity contribution in [1.82, 2.24) is 4.98 Å². The zero-order valence-corrected chi connectivity index (χ0v) is 77.7. The van der Waals surface area contributed by atoms with E-state index >= 15 is 0 Å². The summed E-state index contributed by atoms with van der Waals surface area (Å²) in [5.41, 5.74) is 9.57. The van der Waals surface area contributed by atoms with Gasteiger partial charge in [0.25, 0.3) is 19.4 Å². The molecule has 13 aromatic carbocycles.